The third-order valence-electron chi connectivity index (χ3n) is 7.18. The highest BCUT2D eigenvalue weighted by Gasteiger charge is 2.64. The molecule has 178 valence electrons. The summed E-state index contributed by atoms with van der Waals surface area (Å²) < 4.78 is 7.71. The number of carbonyl (C=O) groups is 1. The summed E-state index contributed by atoms with van der Waals surface area (Å²) in [5.74, 6) is 1.12. The Morgan fingerprint density at radius 3 is 2.74 bits per heavy atom. The molecule has 8 heteroatoms. The van der Waals surface area contributed by atoms with Crippen molar-refractivity contribution < 1.29 is 9.53 Å². The average Bonchev–Trinajstić information content (AvgIpc) is 3.22. The first-order valence-corrected chi connectivity index (χ1v) is 12.0. The third-order valence-corrected chi connectivity index (χ3v) is 7.18. The zero-order valence-corrected chi connectivity index (χ0v) is 20.2. The van der Waals surface area contributed by atoms with Crippen molar-refractivity contribution in [2.75, 3.05) is 32.1 Å². The zero-order chi connectivity index (χ0) is 24.2. The van der Waals surface area contributed by atoms with Gasteiger partial charge in [0.25, 0.3) is 0 Å². The van der Waals surface area contributed by atoms with Gasteiger partial charge in [-0.1, -0.05) is 30.3 Å². The fourth-order valence-electron chi connectivity index (χ4n) is 5.47. The van der Waals surface area contributed by atoms with E-state index in [4.69, 9.17) is 9.84 Å². The Morgan fingerprint density at radius 2 is 2.00 bits per heavy atom. The van der Waals surface area contributed by atoms with Crippen LogP contribution < -0.4 is 10.1 Å². The molecule has 8 nitrogen and oxygen atoms in total. The molecule has 1 unspecified atom stereocenters. The van der Waals surface area contributed by atoms with Crippen LogP contribution in [0.5, 0.6) is 5.75 Å². The van der Waals surface area contributed by atoms with Gasteiger partial charge in [0.15, 0.2) is 0 Å². The molecule has 6 rings (SSSR count). The number of nitrogens with one attached hydrogen (secondary N) is 1. The van der Waals surface area contributed by atoms with E-state index < -0.39 is 0 Å². The Labute approximate surface area is 203 Å². The number of amides is 1. The number of hydrogen-bond donors (Lipinski definition) is 1. The standard InChI is InChI=1S/C27H28N6O2/c1-4-35-23-11-21-19(10-22(23)30-26(34)27-12-18(27)13-32(2)15-27)25(29-16-28-21)20-14-33(3)31-24(20)17-8-6-5-7-9-17/h5-11,14,16,18H,4,12-13,15H2,1-3H3,(H,30,34)/t18?,27-/m0/s1. The highest BCUT2D eigenvalue weighted by Crippen LogP contribution is 2.58. The van der Waals surface area contributed by atoms with Gasteiger partial charge in [-0.15, -0.1) is 0 Å². The second-order valence-electron chi connectivity index (χ2n) is 9.66. The van der Waals surface area contributed by atoms with E-state index in [0.29, 0.717) is 24.0 Å². The Bertz CT molecular complexity index is 1430. The molecule has 1 amide bonds. The van der Waals surface area contributed by atoms with E-state index in [9.17, 15) is 4.79 Å². The summed E-state index contributed by atoms with van der Waals surface area (Å²) in [5, 5.41) is 8.75. The molecule has 2 aromatic heterocycles. The lowest BCUT2D eigenvalue weighted by Gasteiger charge is -2.18. The van der Waals surface area contributed by atoms with Crippen LogP contribution >= 0.6 is 0 Å². The molecule has 0 bridgehead atoms. The molecule has 1 aliphatic heterocycles. The van der Waals surface area contributed by atoms with Gasteiger partial charge in [-0.25, -0.2) is 9.97 Å². The monoisotopic (exact) mass is 468 g/mol. The normalized spacial score (nSPS) is 21.2. The quantitative estimate of drug-likeness (QED) is 0.461. The summed E-state index contributed by atoms with van der Waals surface area (Å²) >= 11 is 0. The van der Waals surface area contributed by atoms with Crippen molar-refractivity contribution in [2.45, 2.75) is 13.3 Å². The minimum absolute atomic E-state index is 0.0666. The SMILES string of the molecule is CCOc1cc2ncnc(-c3cn(C)nc3-c3ccccc3)c2cc1NC(=O)[C@]12CC1CN(C)C2. The van der Waals surface area contributed by atoms with Crippen molar-refractivity contribution in [2.24, 2.45) is 18.4 Å². The highest BCUT2D eigenvalue weighted by atomic mass is 16.5. The van der Waals surface area contributed by atoms with E-state index in [1.165, 1.54) is 0 Å². The Hall–Kier alpha value is -3.78. The van der Waals surface area contributed by atoms with Gasteiger partial charge < -0.3 is 15.0 Å². The number of ether oxygens (including phenoxy) is 1. The van der Waals surface area contributed by atoms with Crippen LogP contribution in [0, 0.1) is 11.3 Å². The van der Waals surface area contributed by atoms with Crippen LogP contribution in [0.3, 0.4) is 0 Å². The lowest BCUT2D eigenvalue weighted by atomic mass is 10.0. The number of fused-ring (bicyclic) bond motifs is 2. The van der Waals surface area contributed by atoms with Crippen molar-refractivity contribution in [3.63, 3.8) is 0 Å². The van der Waals surface area contributed by atoms with E-state index in [-0.39, 0.29) is 11.3 Å². The zero-order valence-electron chi connectivity index (χ0n) is 20.2. The van der Waals surface area contributed by atoms with Gasteiger partial charge in [0, 0.05) is 48.9 Å². The number of aryl methyl sites for hydroxylation is 1. The molecule has 35 heavy (non-hydrogen) atoms. The van der Waals surface area contributed by atoms with Crippen LogP contribution in [0.4, 0.5) is 5.69 Å². The van der Waals surface area contributed by atoms with E-state index in [1.807, 2.05) is 62.6 Å². The Balaban J connectivity index is 1.46. The lowest BCUT2D eigenvalue weighted by Crippen LogP contribution is -2.30. The van der Waals surface area contributed by atoms with E-state index in [2.05, 4.69) is 27.2 Å². The molecule has 2 aromatic carbocycles. The average molecular weight is 469 g/mol. The highest BCUT2D eigenvalue weighted by molar-refractivity contribution is 6.04. The van der Waals surface area contributed by atoms with Gasteiger partial charge in [-0.05, 0) is 32.4 Å². The van der Waals surface area contributed by atoms with Gasteiger partial charge >= 0.3 is 0 Å². The predicted octanol–water partition coefficient (Wildman–Crippen LogP) is 3.99. The molecule has 2 fully saturated rings. The fourth-order valence-corrected chi connectivity index (χ4v) is 5.47. The van der Waals surface area contributed by atoms with Gasteiger partial charge in [0.05, 0.1) is 28.9 Å². The number of aromatic nitrogens is 4. The summed E-state index contributed by atoms with van der Waals surface area (Å²) in [5.41, 5.74) is 4.66. The number of nitrogens with zero attached hydrogens (tertiary/aromatic N) is 5. The molecular weight excluding hydrogens is 440 g/mol. The van der Waals surface area contributed by atoms with Crippen LogP contribution in [0.25, 0.3) is 33.4 Å². The maximum Gasteiger partial charge on any atom is 0.232 e. The van der Waals surface area contributed by atoms with Crippen LogP contribution in [-0.4, -0.2) is 57.3 Å². The van der Waals surface area contributed by atoms with Crippen LogP contribution in [0.15, 0.2) is 55.0 Å². The van der Waals surface area contributed by atoms with Crippen molar-refractivity contribution >= 4 is 22.5 Å². The number of benzene rings is 2. The first-order valence-electron chi connectivity index (χ1n) is 12.0. The van der Waals surface area contributed by atoms with Crippen LogP contribution in [0.2, 0.25) is 0 Å². The second-order valence-corrected chi connectivity index (χ2v) is 9.66. The number of likely N-dealkylation sites (tertiary alicyclic amines) is 1. The Kier molecular flexibility index (Phi) is 5.07. The van der Waals surface area contributed by atoms with E-state index in [0.717, 1.165) is 52.9 Å². The minimum atomic E-state index is -0.285. The fraction of sp³-hybridized carbons (Fsp3) is 0.333. The van der Waals surface area contributed by atoms with E-state index >= 15 is 0 Å². The van der Waals surface area contributed by atoms with E-state index in [1.54, 1.807) is 11.0 Å². The molecule has 2 aliphatic rings. The molecule has 1 saturated carbocycles. The number of hydrogen-bond acceptors (Lipinski definition) is 6. The molecule has 0 spiro atoms. The number of piperidine rings is 1. The van der Waals surface area contributed by atoms with Crippen LogP contribution in [0.1, 0.15) is 13.3 Å². The van der Waals surface area contributed by atoms with Gasteiger partial charge in [-0.3, -0.25) is 9.48 Å². The molecule has 1 aliphatic carbocycles. The molecule has 4 aromatic rings. The second kappa shape index (κ2) is 8.16. The summed E-state index contributed by atoms with van der Waals surface area (Å²) in [6, 6.07) is 13.9. The lowest BCUT2D eigenvalue weighted by molar-refractivity contribution is -0.121. The maximum atomic E-state index is 13.4. The van der Waals surface area contributed by atoms with Crippen molar-refractivity contribution in [3.05, 3.63) is 55.0 Å². The maximum absolute atomic E-state index is 13.4. The van der Waals surface area contributed by atoms with Crippen molar-refractivity contribution in [1.82, 2.24) is 24.6 Å². The van der Waals surface area contributed by atoms with Gasteiger partial charge in [-0.2, -0.15) is 5.10 Å². The van der Waals surface area contributed by atoms with Crippen molar-refractivity contribution in [1.29, 1.82) is 0 Å². The molecular formula is C27H28N6O2. The van der Waals surface area contributed by atoms with Crippen LogP contribution in [-0.2, 0) is 11.8 Å². The molecule has 0 radical (unpaired) electrons. The van der Waals surface area contributed by atoms with Crippen molar-refractivity contribution in [3.8, 4) is 28.3 Å². The summed E-state index contributed by atoms with van der Waals surface area (Å²) in [7, 11) is 3.98. The summed E-state index contributed by atoms with van der Waals surface area (Å²) in [4.78, 5) is 24.8. The third kappa shape index (κ3) is 3.65. The summed E-state index contributed by atoms with van der Waals surface area (Å²) in [6.45, 7) is 4.20. The molecule has 1 N–H and O–H groups in total. The van der Waals surface area contributed by atoms with Gasteiger partial charge in [0.1, 0.15) is 17.8 Å². The summed E-state index contributed by atoms with van der Waals surface area (Å²) in [6.07, 6.45) is 4.49. The largest absolute Gasteiger partial charge is 0.492 e. The number of rotatable bonds is 6. The molecule has 3 heterocycles. The first kappa shape index (κ1) is 21.7. The number of anilines is 1. The smallest absolute Gasteiger partial charge is 0.232 e. The molecule has 2 atom stereocenters. The Morgan fingerprint density at radius 1 is 1.17 bits per heavy atom. The minimum Gasteiger partial charge on any atom is -0.492 e. The molecule has 1 saturated heterocycles. The van der Waals surface area contributed by atoms with Gasteiger partial charge in [0.2, 0.25) is 5.91 Å². The number of carbonyl (C=O) groups excluding carboxylic acids is 1. The predicted molar refractivity (Wildman–Crippen MR) is 135 cm³/mol. The topological polar surface area (TPSA) is 85.2 Å². The first-order chi connectivity index (χ1) is 17.0.